The number of aryl methyl sites for hydroxylation is 2. The molecule has 0 saturated carbocycles. The number of ether oxygens (including phenoxy) is 1. The smallest absolute Gasteiger partial charge is 0.227 e. The Morgan fingerprint density at radius 2 is 1.86 bits per heavy atom. The lowest BCUT2D eigenvalue weighted by molar-refractivity contribution is -0.120. The van der Waals surface area contributed by atoms with E-state index >= 15 is 0 Å². The van der Waals surface area contributed by atoms with Crippen LogP contribution >= 0.6 is 11.3 Å². The third kappa shape index (κ3) is 3.83. The Morgan fingerprint density at radius 3 is 2.61 bits per heavy atom. The number of nitrogens with zero attached hydrogens (tertiary/aromatic N) is 2. The molecule has 1 N–H and O–H groups in total. The second-order valence-electron chi connectivity index (χ2n) is 7.42. The highest BCUT2D eigenvalue weighted by atomic mass is 32.1. The first-order valence-corrected chi connectivity index (χ1v) is 10.4. The molecule has 3 aromatic rings. The van der Waals surface area contributed by atoms with Gasteiger partial charge >= 0.3 is 0 Å². The highest BCUT2D eigenvalue weighted by molar-refractivity contribution is 7.22. The van der Waals surface area contributed by atoms with Crippen LogP contribution < -0.4 is 15.0 Å². The van der Waals surface area contributed by atoms with Gasteiger partial charge < -0.3 is 15.0 Å². The van der Waals surface area contributed by atoms with E-state index in [0.29, 0.717) is 5.75 Å². The average molecular weight is 396 g/mol. The van der Waals surface area contributed by atoms with E-state index in [4.69, 9.17) is 9.72 Å². The first kappa shape index (κ1) is 18.7. The van der Waals surface area contributed by atoms with Crippen molar-refractivity contribution in [2.45, 2.75) is 26.7 Å². The van der Waals surface area contributed by atoms with Gasteiger partial charge in [-0.05, 0) is 62.1 Å². The van der Waals surface area contributed by atoms with Crippen molar-refractivity contribution in [1.29, 1.82) is 0 Å². The van der Waals surface area contributed by atoms with E-state index < -0.39 is 0 Å². The molecule has 2 heterocycles. The van der Waals surface area contributed by atoms with Gasteiger partial charge in [-0.15, -0.1) is 0 Å². The first-order chi connectivity index (χ1) is 13.5. The van der Waals surface area contributed by atoms with Gasteiger partial charge in [0.25, 0.3) is 0 Å². The van der Waals surface area contributed by atoms with Crippen LogP contribution in [0.3, 0.4) is 0 Å². The van der Waals surface area contributed by atoms with Gasteiger partial charge in [0.15, 0.2) is 5.13 Å². The summed E-state index contributed by atoms with van der Waals surface area (Å²) in [7, 11) is 1.62. The number of piperidine rings is 1. The van der Waals surface area contributed by atoms with Gasteiger partial charge in [-0.1, -0.05) is 23.5 Å². The van der Waals surface area contributed by atoms with Crippen LogP contribution in [0.2, 0.25) is 0 Å². The lowest BCUT2D eigenvalue weighted by Crippen LogP contribution is -2.38. The normalized spacial score (nSPS) is 15.0. The van der Waals surface area contributed by atoms with E-state index in [1.54, 1.807) is 18.4 Å². The Kier molecular flexibility index (Phi) is 5.22. The van der Waals surface area contributed by atoms with Crippen molar-refractivity contribution in [2.75, 3.05) is 30.4 Å². The van der Waals surface area contributed by atoms with Gasteiger partial charge in [-0.25, -0.2) is 4.98 Å². The van der Waals surface area contributed by atoms with Gasteiger partial charge in [-0.2, -0.15) is 0 Å². The van der Waals surface area contributed by atoms with E-state index in [0.717, 1.165) is 47.8 Å². The molecule has 146 valence electrons. The van der Waals surface area contributed by atoms with Crippen LogP contribution in [0.25, 0.3) is 10.2 Å². The van der Waals surface area contributed by atoms with Crippen molar-refractivity contribution < 1.29 is 9.53 Å². The van der Waals surface area contributed by atoms with Crippen molar-refractivity contribution in [3.8, 4) is 5.75 Å². The third-order valence-electron chi connectivity index (χ3n) is 5.28. The fourth-order valence-electron chi connectivity index (χ4n) is 3.64. The van der Waals surface area contributed by atoms with Crippen molar-refractivity contribution in [3.63, 3.8) is 0 Å². The lowest BCUT2D eigenvalue weighted by atomic mass is 9.96. The van der Waals surface area contributed by atoms with E-state index in [-0.39, 0.29) is 11.8 Å². The maximum absolute atomic E-state index is 12.8. The van der Waals surface area contributed by atoms with Crippen molar-refractivity contribution in [3.05, 3.63) is 47.5 Å². The van der Waals surface area contributed by atoms with Crippen molar-refractivity contribution >= 4 is 38.3 Å². The maximum Gasteiger partial charge on any atom is 0.227 e. The van der Waals surface area contributed by atoms with Gasteiger partial charge in [0.2, 0.25) is 5.91 Å². The minimum absolute atomic E-state index is 0.0121. The number of fused-ring (bicyclic) bond motifs is 1. The number of anilines is 2. The number of nitrogens with one attached hydrogen (secondary N) is 1. The SMILES string of the molecule is COc1ccc(C)cc1NC(=O)C1CCN(c2nc3ccc(C)cc3s2)CC1. The number of rotatable bonds is 4. The zero-order chi connectivity index (χ0) is 19.7. The molecule has 1 fully saturated rings. The minimum Gasteiger partial charge on any atom is -0.495 e. The monoisotopic (exact) mass is 395 g/mol. The number of hydrogen-bond donors (Lipinski definition) is 1. The number of benzene rings is 2. The van der Waals surface area contributed by atoms with Crippen LogP contribution in [0.1, 0.15) is 24.0 Å². The number of thiazole rings is 1. The molecule has 1 aromatic heterocycles. The zero-order valence-corrected chi connectivity index (χ0v) is 17.3. The fourth-order valence-corrected chi connectivity index (χ4v) is 4.76. The summed E-state index contributed by atoms with van der Waals surface area (Å²) in [5.74, 6) is 0.780. The second-order valence-corrected chi connectivity index (χ2v) is 8.43. The molecule has 6 heteroatoms. The number of carbonyl (C=O) groups is 1. The molecule has 0 atom stereocenters. The Morgan fingerprint density at radius 1 is 1.14 bits per heavy atom. The summed E-state index contributed by atoms with van der Waals surface area (Å²) < 4.78 is 6.59. The van der Waals surface area contributed by atoms with Crippen LogP contribution in [-0.2, 0) is 4.79 Å². The molecule has 0 bridgehead atoms. The standard InChI is InChI=1S/C22H25N3O2S/c1-14-5-7-19(27-3)18(12-14)23-21(26)16-8-10-25(11-9-16)22-24-17-6-4-15(2)13-20(17)28-22/h4-7,12-13,16H,8-11H2,1-3H3,(H,23,26). The zero-order valence-electron chi connectivity index (χ0n) is 16.5. The molecule has 1 aliphatic heterocycles. The molecular weight excluding hydrogens is 370 g/mol. The third-order valence-corrected chi connectivity index (χ3v) is 6.36. The van der Waals surface area contributed by atoms with E-state index in [9.17, 15) is 4.79 Å². The summed E-state index contributed by atoms with van der Waals surface area (Å²) in [4.78, 5) is 19.8. The molecule has 1 aliphatic rings. The largest absolute Gasteiger partial charge is 0.495 e. The highest BCUT2D eigenvalue weighted by Gasteiger charge is 2.27. The number of aromatic nitrogens is 1. The van der Waals surface area contributed by atoms with Crippen LogP contribution in [0, 0.1) is 19.8 Å². The van der Waals surface area contributed by atoms with E-state index in [2.05, 4.69) is 35.3 Å². The number of methoxy groups -OCH3 is 1. The van der Waals surface area contributed by atoms with Crippen LogP contribution in [-0.4, -0.2) is 31.1 Å². The summed E-state index contributed by atoms with van der Waals surface area (Å²) in [6, 6.07) is 12.2. The summed E-state index contributed by atoms with van der Waals surface area (Å²) in [5, 5.41) is 4.11. The second kappa shape index (κ2) is 7.80. The van der Waals surface area contributed by atoms with Gasteiger partial charge in [-0.3, -0.25) is 4.79 Å². The topological polar surface area (TPSA) is 54.5 Å². The summed E-state index contributed by atoms with van der Waals surface area (Å²) in [5.41, 5.74) is 4.15. The van der Waals surface area contributed by atoms with Gasteiger partial charge in [0.05, 0.1) is 23.0 Å². The van der Waals surface area contributed by atoms with E-state index in [1.807, 2.05) is 25.1 Å². The lowest BCUT2D eigenvalue weighted by Gasteiger charge is -2.31. The number of carbonyl (C=O) groups excluding carboxylic acids is 1. The summed E-state index contributed by atoms with van der Waals surface area (Å²) in [6.45, 7) is 5.81. The van der Waals surface area contributed by atoms with Crippen LogP contribution in [0.5, 0.6) is 5.75 Å². The number of amides is 1. The van der Waals surface area contributed by atoms with E-state index in [1.165, 1.54) is 10.3 Å². The van der Waals surface area contributed by atoms with Crippen molar-refractivity contribution in [2.24, 2.45) is 5.92 Å². The molecule has 1 amide bonds. The fraction of sp³-hybridized carbons (Fsp3) is 0.364. The Bertz CT molecular complexity index is 1010. The molecular formula is C22H25N3O2S. The molecule has 0 radical (unpaired) electrons. The van der Waals surface area contributed by atoms with Crippen LogP contribution in [0.4, 0.5) is 10.8 Å². The molecule has 28 heavy (non-hydrogen) atoms. The highest BCUT2D eigenvalue weighted by Crippen LogP contribution is 2.33. The summed E-state index contributed by atoms with van der Waals surface area (Å²) >= 11 is 1.73. The maximum atomic E-state index is 12.8. The predicted octanol–water partition coefficient (Wildman–Crippen LogP) is 4.78. The molecule has 5 nitrogen and oxygen atoms in total. The number of hydrogen-bond acceptors (Lipinski definition) is 5. The Balaban J connectivity index is 1.40. The molecule has 1 saturated heterocycles. The Labute approximate surface area is 169 Å². The molecule has 0 unspecified atom stereocenters. The summed E-state index contributed by atoms with van der Waals surface area (Å²) in [6.07, 6.45) is 1.66. The molecule has 2 aromatic carbocycles. The molecule has 0 spiro atoms. The van der Waals surface area contributed by atoms with Crippen molar-refractivity contribution in [1.82, 2.24) is 4.98 Å². The first-order valence-electron chi connectivity index (χ1n) is 9.61. The van der Waals surface area contributed by atoms with Crippen LogP contribution in [0.15, 0.2) is 36.4 Å². The van der Waals surface area contributed by atoms with Gasteiger partial charge in [0, 0.05) is 19.0 Å². The quantitative estimate of drug-likeness (QED) is 0.691. The molecule has 0 aliphatic carbocycles. The minimum atomic E-state index is 0.0121. The average Bonchev–Trinajstić information content (AvgIpc) is 3.11. The van der Waals surface area contributed by atoms with Gasteiger partial charge in [0.1, 0.15) is 5.75 Å². The Hall–Kier alpha value is -2.60. The predicted molar refractivity (Wildman–Crippen MR) is 116 cm³/mol. The molecule has 4 rings (SSSR count).